The van der Waals surface area contributed by atoms with Crippen molar-refractivity contribution >= 4 is 11.8 Å². The van der Waals surface area contributed by atoms with Crippen molar-refractivity contribution in [2.75, 3.05) is 19.6 Å². The summed E-state index contributed by atoms with van der Waals surface area (Å²) in [4.78, 5) is 26.7. The molecule has 0 bridgehead atoms. The molecule has 2 amide bonds. The van der Waals surface area contributed by atoms with E-state index in [2.05, 4.69) is 27.7 Å². The second-order valence-electron chi connectivity index (χ2n) is 7.86. The molecule has 3 rings (SSSR count). The summed E-state index contributed by atoms with van der Waals surface area (Å²) in [6.45, 7) is 6.94. The third-order valence-electron chi connectivity index (χ3n) is 5.54. The van der Waals surface area contributed by atoms with E-state index in [1.54, 1.807) is 0 Å². The van der Waals surface area contributed by atoms with Crippen LogP contribution in [0.4, 0.5) is 0 Å². The van der Waals surface area contributed by atoms with Crippen LogP contribution in [0.2, 0.25) is 0 Å². The van der Waals surface area contributed by atoms with Gasteiger partial charge in [0.1, 0.15) is 0 Å². The van der Waals surface area contributed by atoms with E-state index in [9.17, 15) is 9.59 Å². The Morgan fingerprint density at radius 2 is 1.69 bits per heavy atom. The standard InChI is InChI=1S/C24H31N3O2/c1-18(22-12-8-9-20(15-22)16-25-19(2)28)24(29)26-23(17-27-13-6-7-14-27)21-10-4-3-5-11-21/h3-5,8-12,15,18,23H,6-7,13-14,16-17H2,1-2H3,(H,25,28)(H,26,29). The SMILES string of the molecule is CC(=O)NCc1cccc(C(C)C(=O)NC(CN2CCCC2)c2ccccc2)c1. The number of likely N-dealkylation sites (tertiary alicyclic amines) is 1. The number of nitrogens with one attached hydrogen (secondary N) is 2. The van der Waals surface area contributed by atoms with E-state index < -0.39 is 0 Å². The molecule has 154 valence electrons. The zero-order valence-electron chi connectivity index (χ0n) is 17.4. The first-order valence-electron chi connectivity index (χ1n) is 10.4. The van der Waals surface area contributed by atoms with Gasteiger partial charge in [0, 0.05) is 20.0 Å². The van der Waals surface area contributed by atoms with E-state index in [-0.39, 0.29) is 23.8 Å². The molecule has 1 aliphatic heterocycles. The largest absolute Gasteiger partial charge is 0.352 e. The van der Waals surface area contributed by atoms with E-state index in [1.165, 1.54) is 19.8 Å². The minimum absolute atomic E-state index is 0.0215. The van der Waals surface area contributed by atoms with Crippen molar-refractivity contribution < 1.29 is 9.59 Å². The zero-order valence-corrected chi connectivity index (χ0v) is 17.4. The molecular weight excluding hydrogens is 362 g/mol. The highest BCUT2D eigenvalue weighted by Gasteiger charge is 2.23. The van der Waals surface area contributed by atoms with Crippen LogP contribution in [0.25, 0.3) is 0 Å². The molecule has 29 heavy (non-hydrogen) atoms. The Kier molecular flexibility index (Phi) is 7.42. The van der Waals surface area contributed by atoms with E-state index in [1.807, 2.05) is 49.4 Å². The van der Waals surface area contributed by atoms with Crippen molar-refractivity contribution in [1.82, 2.24) is 15.5 Å². The summed E-state index contributed by atoms with van der Waals surface area (Å²) in [5.74, 6) is -0.305. The van der Waals surface area contributed by atoms with Crippen LogP contribution >= 0.6 is 0 Å². The lowest BCUT2D eigenvalue weighted by molar-refractivity contribution is -0.123. The summed E-state index contributed by atoms with van der Waals surface area (Å²) in [6.07, 6.45) is 2.46. The monoisotopic (exact) mass is 393 g/mol. The van der Waals surface area contributed by atoms with Crippen LogP contribution < -0.4 is 10.6 Å². The van der Waals surface area contributed by atoms with Crippen molar-refractivity contribution in [1.29, 1.82) is 0 Å². The minimum Gasteiger partial charge on any atom is -0.352 e. The van der Waals surface area contributed by atoms with Gasteiger partial charge in [-0.2, -0.15) is 0 Å². The van der Waals surface area contributed by atoms with Gasteiger partial charge in [-0.15, -0.1) is 0 Å². The highest BCUT2D eigenvalue weighted by Crippen LogP contribution is 2.21. The van der Waals surface area contributed by atoms with Crippen molar-refractivity contribution in [2.45, 2.75) is 45.2 Å². The molecule has 2 aromatic carbocycles. The second-order valence-corrected chi connectivity index (χ2v) is 7.86. The van der Waals surface area contributed by atoms with Crippen molar-refractivity contribution in [3.8, 4) is 0 Å². The molecule has 0 aromatic heterocycles. The lowest BCUT2D eigenvalue weighted by Crippen LogP contribution is -2.38. The van der Waals surface area contributed by atoms with Gasteiger partial charge in [0.05, 0.1) is 12.0 Å². The maximum atomic E-state index is 13.1. The summed E-state index contributed by atoms with van der Waals surface area (Å²) in [5.41, 5.74) is 3.09. The fourth-order valence-corrected chi connectivity index (χ4v) is 3.79. The van der Waals surface area contributed by atoms with Gasteiger partial charge in [-0.1, -0.05) is 54.6 Å². The Morgan fingerprint density at radius 3 is 2.38 bits per heavy atom. The minimum atomic E-state index is -0.267. The molecule has 0 radical (unpaired) electrons. The summed E-state index contributed by atoms with van der Waals surface area (Å²) in [6, 6.07) is 18.1. The summed E-state index contributed by atoms with van der Waals surface area (Å²) in [5, 5.41) is 6.08. The molecule has 1 aliphatic rings. The first-order chi connectivity index (χ1) is 14.0. The number of hydrogen-bond donors (Lipinski definition) is 2. The van der Waals surface area contributed by atoms with E-state index in [0.29, 0.717) is 6.54 Å². The van der Waals surface area contributed by atoms with E-state index in [0.717, 1.165) is 36.3 Å². The third kappa shape index (κ3) is 6.16. The predicted octanol–water partition coefficient (Wildman–Crippen LogP) is 3.38. The number of carbonyl (C=O) groups excluding carboxylic acids is 2. The normalized spacial score (nSPS) is 16.2. The van der Waals surface area contributed by atoms with Gasteiger partial charge in [-0.3, -0.25) is 9.59 Å². The van der Waals surface area contributed by atoms with Crippen LogP contribution in [0, 0.1) is 0 Å². The average molecular weight is 394 g/mol. The maximum absolute atomic E-state index is 13.1. The smallest absolute Gasteiger partial charge is 0.227 e. The molecule has 0 spiro atoms. The van der Waals surface area contributed by atoms with E-state index >= 15 is 0 Å². The molecule has 2 N–H and O–H groups in total. The third-order valence-corrected chi connectivity index (χ3v) is 5.54. The molecule has 1 heterocycles. The van der Waals surface area contributed by atoms with Crippen molar-refractivity contribution in [3.05, 3.63) is 71.3 Å². The Hall–Kier alpha value is -2.66. The average Bonchev–Trinajstić information content (AvgIpc) is 3.25. The molecule has 2 unspecified atom stereocenters. The second kappa shape index (κ2) is 10.2. The summed E-state index contributed by atoms with van der Waals surface area (Å²) >= 11 is 0. The Labute approximate surface area is 173 Å². The first-order valence-corrected chi connectivity index (χ1v) is 10.4. The van der Waals surface area contributed by atoms with Crippen LogP contribution in [0.15, 0.2) is 54.6 Å². The molecule has 1 fully saturated rings. The lowest BCUT2D eigenvalue weighted by atomic mass is 9.97. The molecule has 0 aliphatic carbocycles. The first kappa shape index (κ1) is 21.1. The number of carbonyl (C=O) groups is 2. The van der Waals surface area contributed by atoms with Crippen LogP contribution in [-0.4, -0.2) is 36.3 Å². The van der Waals surface area contributed by atoms with Gasteiger partial charge in [-0.25, -0.2) is 0 Å². The van der Waals surface area contributed by atoms with Gasteiger partial charge < -0.3 is 15.5 Å². The Bertz CT molecular complexity index is 816. The zero-order chi connectivity index (χ0) is 20.6. The fraction of sp³-hybridized carbons (Fsp3) is 0.417. The van der Waals surface area contributed by atoms with Crippen LogP contribution in [0.5, 0.6) is 0 Å². The number of amides is 2. The van der Waals surface area contributed by atoms with Gasteiger partial charge in [-0.05, 0) is 49.5 Å². The Morgan fingerprint density at radius 1 is 1.00 bits per heavy atom. The van der Waals surface area contributed by atoms with Crippen molar-refractivity contribution in [2.24, 2.45) is 0 Å². The highest BCUT2D eigenvalue weighted by molar-refractivity contribution is 5.83. The molecule has 5 heteroatoms. The van der Waals surface area contributed by atoms with Gasteiger partial charge in [0.15, 0.2) is 0 Å². The maximum Gasteiger partial charge on any atom is 0.227 e. The van der Waals surface area contributed by atoms with Gasteiger partial charge in [0.25, 0.3) is 0 Å². The predicted molar refractivity (Wildman–Crippen MR) is 115 cm³/mol. The fourth-order valence-electron chi connectivity index (χ4n) is 3.79. The molecule has 2 aromatic rings. The quantitative estimate of drug-likeness (QED) is 0.723. The molecule has 5 nitrogen and oxygen atoms in total. The molecule has 1 saturated heterocycles. The number of nitrogens with zero attached hydrogens (tertiary/aromatic N) is 1. The van der Waals surface area contributed by atoms with Gasteiger partial charge in [0.2, 0.25) is 11.8 Å². The van der Waals surface area contributed by atoms with Crippen LogP contribution in [0.1, 0.15) is 55.3 Å². The number of rotatable bonds is 8. The lowest BCUT2D eigenvalue weighted by Gasteiger charge is -2.26. The van der Waals surface area contributed by atoms with Crippen LogP contribution in [0.3, 0.4) is 0 Å². The summed E-state index contributed by atoms with van der Waals surface area (Å²) < 4.78 is 0. The summed E-state index contributed by atoms with van der Waals surface area (Å²) in [7, 11) is 0. The molecular formula is C24H31N3O2. The number of hydrogen-bond acceptors (Lipinski definition) is 3. The van der Waals surface area contributed by atoms with Crippen molar-refractivity contribution in [3.63, 3.8) is 0 Å². The number of benzene rings is 2. The highest BCUT2D eigenvalue weighted by atomic mass is 16.2. The molecule has 0 saturated carbocycles. The molecule has 2 atom stereocenters. The Balaban J connectivity index is 1.69. The van der Waals surface area contributed by atoms with Crippen LogP contribution in [-0.2, 0) is 16.1 Å². The van der Waals surface area contributed by atoms with E-state index in [4.69, 9.17) is 0 Å². The van der Waals surface area contributed by atoms with Gasteiger partial charge >= 0.3 is 0 Å². The topological polar surface area (TPSA) is 61.4 Å².